The van der Waals surface area contributed by atoms with Crippen LogP contribution in [0.4, 0.5) is 5.69 Å². The van der Waals surface area contributed by atoms with Gasteiger partial charge in [-0.05, 0) is 43.7 Å². The summed E-state index contributed by atoms with van der Waals surface area (Å²) in [6, 6.07) is 5.71. The minimum absolute atomic E-state index is 0.0958. The first-order valence-electron chi connectivity index (χ1n) is 7.45. The first kappa shape index (κ1) is 13.3. The molecule has 2 atom stereocenters. The lowest BCUT2D eigenvalue weighted by molar-refractivity contribution is 0.0545. The number of hydrogen-bond donors (Lipinski definition) is 1. The van der Waals surface area contributed by atoms with E-state index in [1.54, 1.807) is 25.3 Å². The second kappa shape index (κ2) is 5.35. The number of carbonyl (C=O) groups is 1. The van der Waals surface area contributed by atoms with Crippen molar-refractivity contribution >= 4 is 11.6 Å². The van der Waals surface area contributed by atoms with Crippen molar-refractivity contribution < 1.29 is 9.53 Å². The predicted octanol–water partition coefficient (Wildman–Crippen LogP) is 2.68. The number of anilines is 1. The zero-order valence-electron chi connectivity index (χ0n) is 12.0. The molecule has 1 heterocycles. The maximum Gasteiger partial charge on any atom is 0.257 e. The Morgan fingerprint density at radius 1 is 1.30 bits per heavy atom. The summed E-state index contributed by atoms with van der Waals surface area (Å²) in [6.45, 7) is 0.869. The standard InChI is InChI=1S/C16H22N2O2/c1-20-15-10-12(17)7-8-13(15)16(19)18-9-3-5-11-4-2-6-14(11)18/h7-8,10-11,14H,2-6,9,17H2,1H3. The van der Waals surface area contributed by atoms with E-state index in [-0.39, 0.29) is 5.91 Å². The third-order valence-electron chi connectivity index (χ3n) is 4.71. The third kappa shape index (κ3) is 2.23. The van der Waals surface area contributed by atoms with Gasteiger partial charge in [0, 0.05) is 24.3 Å². The molecule has 2 fully saturated rings. The monoisotopic (exact) mass is 274 g/mol. The summed E-state index contributed by atoms with van der Waals surface area (Å²) in [6.07, 6.45) is 6.05. The van der Waals surface area contributed by atoms with Crippen LogP contribution in [-0.4, -0.2) is 30.5 Å². The molecule has 0 spiro atoms. The molecule has 1 saturated heterocycles. The average Bonchev–Trinajstić information content (AvgIpc) is 2.94. The van der Waals surface area contributed by atoms with E-state index in [0.29, 0.717) is 29.0 Å². The molecule has 1 amide bonds. The quantitative estimate of drug-likeness (QED) is 0.844. The number of nitrogens with zero attached hydrogens (tertiary/aromatic N) is 1. The fourth-order valence-corrected chi connectivity index (χ4v) is 3.75. The van der Waals surface area contributed by atoms with Gasteiger partial charge in [0.2, 0.25) is 0 Å². The van der Waals surface area contributed by atoms with Gasteiger partial charge in [-0.1, -0.05) is 6.42 Å². The molecule has 1 aromatic rings. The molecule has 4 heteroatoms. The van der Waals surface area contributed by atoms with E-state index in [2.05, 4.69) is 4.90 Å². The number of piperidine rings is 1. The minimum atomic E-state index is 0.0958. The van der Waals surface area contributed by atoms with Crippen molar-refractivity contribution in [2.75, 3.05) is 19.4 Å². The highest BCUT2D eigenvalue weighted by atomic mass is 16.5. The molecule has 0 radical (unpaired) electrons. The van der Waals surface area contributed by atoms with Crippen LogP contribution in [-0.2, 0) is 0 Å². The van der Waals surface area contributed by atoms with Gasteiger partial charge in [-0.15, -0.1) is 0 Å². The van der Waals surface area contributed by atoms with Crippen molar-refractivity contribution in [1.82, 2.24) is 4.90 Å². The van der Waals surface area contributed by atoms with Crippen molar-refractivity contribution in [3.05, 3.63) is 23.8 Å². The van der Waals surface area contributed by atoms with E-state index >= 15 is 0 Å². The first-order chi connectivity index (χ1) is 9.70. The molecule has 108 valence electrons. The Hall–Kier alpha value is -1.71. The maximum absolute atomic E-state index is 12.8. The van der Waals surface area contributed by atoms with Gasteiger partial charge in [-0.2, -0.15) is 0 Å². The number of nitrogens with two attached hydrogens (primary N) is 1. The van der Waals surface area contributed by atoms with Crippen molar-refractivity contribution in [1.29, 1.82) is 0 Å². The number of rotatable bonds is 2. The number of carbonyl (C=O) groups excluding carboxylic acids is 1. The summed E-state index contributed by atoms with van der Waals surface area (Å²) in [5.74, 6) is 1.38. The molecule has 1 aromatic carbocycles. The highest BCUT2D eigenvalue weighted by Crippen LogP contribution is 2.38. The molecular formula is C16H22N2O2. The van der Waals surface area contributed by atoms with Gasteiger partial charge in [-0.25, -0.2) is 0 Å². The van der Waals surface area contributed by atoms with Gasteiger partial charge < -0.3 is 15.4 Å². The van der Waals surface area contributed by atoms with Crippen molar-refractivity contribution in [2.24, 2.45) is 5.92 Å². The number of fused-ring (bicyclic) bond motifs is 1. The van der Waals surface area contributed by atoms with Gasteiger partial charge in [-0.3, -0.25) is 4.79 Å². The molecule has 0 aromatic heterocycles. The van der Waals surface area contributed by atoms with E-state index in [1.165, 1.54) is 19.3 Å². The number of benzene rings is 1. The zero-order chi connectivity index (χ0) is 14.1. The van der Waals surface area contributed by atoms with Crippen LogP contribution in [0.5, 0.6) is 5.75 Å². The summed E-state index contributed by atoms with van der Waals surface area (Å²) in [4.78, 5) is 14.9. The van der Waals surface area contributed by atoms with Crippen LogP contribution >= 0.6 is 0 Å². The summed E-state index contributed by atoms with van der Waals surface area (Å²) in [7, 11) is 1.58. The molecular weight excluding hydrogens is 252 g/mol. The average molecular weight is 274 g/mol. The van der Waals surface area contributed by atoms with Crippen LogP contribution < -0.4 is 10.5 Å². The number of amides is 1. The summed E-state index contributed by atoms with van der Waals surface area (Å²) in [5.41, 5.74) is 7.02. The van der Waals surface area contributed by atoms with E-state index in [9.17, 15) is 4.79 Å². The van der Waals surface area contributed by atoms with Crippen molar-refractivity contribution in [2.45, 2.75) is 38.1 Å². The van der Waals surface area contributed by atoms with Crippen LogP contribution in [0.25, 0.3) is 0 Å². The SMILES string of the molecule is COc1cc(N)ccc1C(=O)N1CCCC2CCCC21. The Labute approximate surface area is 119 Å². The second-order valence-corrected chi connectivity index (χ2v) is 5.86. The lowest BCUT2D eigenvalue weighted by Gasteiger charge is -2.38. The van der Waals surface area contributed by atoms with Crippen LogP contribution in [0.15, 0.2) is 18.2 Å². The van der Waals surface area contributed by atoms with Gasteiger partial charge in [0.25, 0.3) is 5.91 Å². The van der Waals surface area contributed by atoms with Gasteiger partial charge in [0.15, 0.2) is 0 Å². The molecule has 2 aliphatic rings. The smallest absolute Gasteiger partial charge is 0.257 e. The Kier molecular flexibility index (Phi) is 3.55. The number of ether oxygens (including phenoxy) is 1. The minimum Gasteiger partial charge on any atom is -0.496 e. The molecule has 1 aliphatic carbocycles. The lowest BCUT2D eigenvalue weighted by Crippen LogP contribution is -2.46. The normalized spacial score (nSPS) is 25.4. The van der Waals surface area contributed by atoms with E-state index < -0.39 is 0 Å². The Morgan fingerprint density at radius 2 is 2.10 bits per heavy atom. The fraction of sp³-hybridized carbons (Fsp3) is 0.562. The van der Waals surface area contributed by atoms with Crippen LogP contribution in [0, 0.1) is 5.92 Å². The Balaban J connectivity index is 1.88. The summed E-state index contributed by atoms with van der Waals surface area (Å²) >= 11 is 0. The number of methoxy groups -OCH3 is 1. The van der Waals surface area contributed by atoms with Crippen LogP contribution in [0.3, 0.4) is 0 Å². The first-order valence-corrected chi connectivity index (χ1v) is 7.45. The molecule has 3 rings (SSSR count). The van der Waals surface area contributed by atoms with Gasteiger partial charge in [0.1, 0.15) is 5.75 Å². The number of likely N-dealkylation sites (tertiary alicyclic amines) is 1. The van der Waals surface area contributed by atoms with E-state index in [4.69, 9.17) is 10.5 Å². The maximum atomic E-state index is 12.8. The highest BCUT2D eigenvalue weighted by Gasteiger charge is 2.38. The highest BCUT2D eigenvalue weighted by molar-refractivity contribution is 5.97. The molecule has 1 aliphatic heterocycles. The molecule has 20 heavy (non-hydrogen) atoms. The fourth-order valence-electron chi connectivity index (χ4n) is 3.75. The lowest BCUT2D eigenvalue weighted by atomic mass is 9.91. The van der Waals surface area contributed by atoms with Gasteiger partial charge >= 0.3 is 0 Å². The number of nitrogen functional groups attached to an aromatic ring is 1. The second-order valence-electron chi connectivity index (χ2n) is 5.86. The Morgan fingerprint density at radius 3 is 2.90 bits per heavy atom. The summed E-state index contributed by atoms with van der Waals surface area (Å²) < 4.78 is 5.32. The molecule has 2 unspecified atom stereocenters. The van der Waals surface area contributed by atoms with Crippen LogP contribution in [0.1, 0.15) is 42.5 Å². The largest absolute Gasteiger partial charge is 0.496 e. The van der Waals surface area contributed by atoms with E-state index in [1.807, 2.05) is 0 Å². The third-order valence-corrected chi connectivity index (χ3v) is 4.71. The molecule has 1 saturated carbocycles. The predicted molar refractivity (Wildman–Crippen MR) is 78.8 cm³/mol. The number of hydrogen-bond acceptors (Lipinski definition) is 3. The topological polar surface area (TPSA) is 55.6 Å². The van der Waals surface area contributed by atoms with Gasteiger partial charge in [0.05, 0.1) is 12.7 Å². The van der Waals surface area contributed by atoms with E-state index in [0.717, 1.165) is 19.4 Å². The summed E-state index contributed by atoms with van der Waals surface area (Å²) in [5, 5.41) is 0. The van der Waals surface area contributed by atoms with Crippen molar-refractivity contribution in [3.63, 3.8) is 0 Å². The zero-order valence-corrected chi connectivity index (χ0v) is 12.0. The Bertz CT molecular complexity index is 515. The molecule has 2 N–H and O–H groups in total. The molecule has 0 bridgehead atoms. The molecule has 4 nitrogen and oxygen atoms in total. The van der Waals surface area contributed by atoms with Crippen molar-refractivity contribution in [3.8, 4) is 5.75 Å². The van der Waals surface area contributed by atoms with Crippen LogP contribution in [0.2, 0.25) is 0 Å².